The fourth-order valence-electron chi connectivity index (χ4n) is 3.23. The first-order valence-electron chi connectivity index (χ1n) is 7.31. The summed E-state index contributed by atoms with van der Waals surface area (Å²) in [6.45, 7) is 3.50. The van der Waals surface area contributed by atoms with E-state index in [1.807, 2.05) is 34.8 Å². The van der Waals surface area contributed by atoms with E-state index in [0.29, 0.717) is 18.5 Å². The van der Waals surface area contributed by atoms with Gasteiger partial charge in [-0.15, -0.1) is 0 Å². The van der Waals surface area contributed by atoms with E-state index in [2.05, 4.69) is 6.92 Å². The zero-order valence-electron chi connectivity index (χ0n) is 12.0. The Kier molecular flexibility index (Phi) is 4.64. The molecule has 1 aliphatic rings. The van der Waals surface area contributed by atoms with E-state index < -0.39 is 0 Å². The molecule has 1 fully saturated rings. The number of aryl methyl sites for hydroxylation is 1. The van der Waals surface area contributed by atoms with Gasteiger partial charge in [-0.3, -0.25) is 4.79 Å². The van der Waals surface area contributed by atoms with Crippen LogP contribution in [0.15, 0.2) is 18.3 Å². The monoisotopic (exact) mass is 263 g/mol. The summed E-state index contributed by atoms with van der Waals surface area (Å²) < 4.78 is 1.89. The number of nitrogens with two attached hydrogens (primary N) is 1. The second kappa shape index (κ2) is 6.24. The summed E-state index contributed by atoms with van der Waals surface area (Å²) in [6.07, 6.45) is 6.61. The SMILES string of the molecule is CCN(C(=O)c1cccn1C)C1CCCCC1CN. The van der Waals surface area contributed by atoms with Crippen molar-refractivity contribution in [1.82, 2.24) is 9.47 Å². The summed E-state index contributed by atoms with van der Waals surface area (Å²) in [5.74, 6) is 0.596. The minimum Gasteiger partial charge on any atom is -0.347 e. The number of aromatic nitrogens is 1. The van der Waals surface area contributed by atoms with Gasteiger partial charge in [0, 0.05) is 25.8 Å². The Labute approximate surface area is 115 Å². The zero-order valence-corrected chi connectivity index (χ0v) is 12.0. The maximum Gasteiger partial charge on any atom is 0.270 e. The van der Waals surface area contributed by atoms with Crippen LogP contribution in [-0.4, -0.2) is 34.5 Å². The van der Waals surface area contributed by atoms with Crippen LogP contribution in [0.1, 0.15) is 43.1 Å². The average molecular weight is 263 g/mol. The Morgan fingerprint density at radius 2 is 2.21 bits per heavy atom. The van der Waals surface area contributed by atoms with Crippen LogP contribution in [0.3, 0.4) is 0 Å². The van der Waals surface area contributed by atoms with Crippen LogP contribution in [0.25, 0.3) is 0 Å². The van der Waals surface area contributed by atoms with Crippen LogP contribution in [0.5, 0.6) is 0 Å². The van der Waals surface area contributed by atoms with Gasteiger partial charge in [0.05, 0.1) is 0 Å². The van der Waals surface area contributed by atoms with Gasteiger partial charge in [-0.25, -0.2) is 0 Å². The minimum atomic E-state index is 0.139. The zero-order chi connectivity index (χ0) is 13.8. The van der Waals surface area contributed by atoms with Gasteiger partial charge in [-0.05, 0) is 44.4 Å². The van der Waals surface area contributed by atoms with Crippen LogP contribution < -0.4 is 5.73 Å². The predicted octanol–water partition coefficient (Wildman–Crippen LogP) is 2.00. The lowest BCUT2D eigenvalue weighted by Gasteiger charge is -2.39. The summed E-state index contributed by atoms with van der Waals surface area (Å²) >= 11 is 0. The molecule has 4 heteroatoms. The molecule has 1 aliphatic carbocycles. The van der Waals surface area contributed by atoms with E-state index in [1.165, 1.54) is 12.8 Å². The lowest BCUT2D eigenvalue weighted by molar-refractivity contribution is 0.0550. The molecule has 0 radical (unpaired) electrons. The normalized spacial score (nSPS) is 23.3. The highest BCUT2D eigenvalue weighted by Gasteiger charge is 2.32. The van der Waals surface area contributed by atoms with Crippen molar-refractivity contribution in [2.45, 2.75) is 38.6 Å². The third-order valence-corrected chi connectivity index (χ3v) is 4.34. The molecule has 106 valence electrons. The van der Waals surface area contributed by atoms with Crippen LogP contribution in [-0.2, 0) is 7.05 Å². The summed E-state index contributed by atoms with van der Waals surface area (Å²) in [5.41, 5.74) is 6.66. The smallest absolute Gasteiger partial charge is 0.270 e. The molecule has 1 aromatic heterocycles. The van der Waals surface area contributed by atoms with Gasteiger partial charge in [0.25, 0.3) is 5.91 Å². The number of nitrogens with zero attached hydrogens (tertiary/aromatic N) is 2. The Morgan fingerprint density at radius 1 is 1.47 bits per heavy atom. The van der Waals surface area contributed by atoms with Crippen molar-refractivity contribution in [2.75, 3.05) is 13.1 Å². The maximum absolute atomic E-state index is 12.7. The molecule has 4 nitrogen and oxygen atoms in total. The second-order valence-electron chi connectivity index (χ2n) is 5.44. The molecule has 0 saturated heterocycles. The third-order valence-electron chi connectivity index (χ3n) is 4.34. The Bertz CT molecular complexity index is 427. The first kappa shape index (κ1) is 14.1. The summed E-state index contributed by atoms with van der Waals surface area (Å²) in [5, 5.41) is 0. The molecular weight excluding hydrogens is 238 g/mol. The van der Waals surface area contributed by atoms with Crippen LogP contribution in [0.4, 0.5) is 0 Å². The molecular formula is C15H25N3O. The third kappa shape index (κ3) is 2.84. The van der Waals surface area contributed by atoms with Gasteiger partial charge >= 0.3 is 0 Å². The van der Waals surface area contributed by atoms with Crippen molar-refractivity contribution in [3.8, 4) is 0 Å². The lowest BCUT2D eigenvalue weighted by atomic mass is 9.83. The highest BCUT2D eigenvalue weighted by atomic mass is 16.2. The fourth-order valence-corrected chi connectivity index (χ4v) is 3.23. The largest absolute Gasteiger partial charge is 0.347 e. The second-order valence-corrected chi connectivity index (χ2v) is 5.44. The van der Waals surface area contributed by atoms with Gasteiger partial charge in [0.1, 0.15) is 5.69 Å². The minimum absolute atomic E-state index is 0.139. The van der Waals surface area contributed by atoms with Crippen molar-refractivity contribution < 1.29 is 4.79 Å². The number of carbonyl (C=O) groups is 1. The van der Waals surface area contributed by atoms with Crippen LogP contribution >= 0.6 is 0 Å². The molecule has 1 amide bonds. The fraction of sp³-hybridized carbons (Fsp3) is 0.667. The van der Waals surface area contributed by atoms with Gasteiger partial charge in [-0.1, -0.05) is 12.8 Å². The highest BCUT2D eigenvalue weighted by molar-refractivity contribution is 5.93. The number of carbonyl (C=O) groups excluding carboxylic acids is 1. The molecule has 2 atom stereocenters. The molecule has 2 unspecified atom stereocenters. The highest BCUT2D eigenvalue weighted by Crippen LogP contribution is 2.28. The van der Waals surface area contributed by atoms with E-state index in [9.17, 15) is 4.79 Å². The quantitative estimate of drug-likeness (QED) is 0.903. The molecule has 19 heavy (non-hydrogen) atoms. The van der Waals surface area contributed by atoms with E-state index in [-0.39, 0.29) is 5.91 Å². The molecule has 1 heterocycles. The number of rotatable bonds is 4. The number of hydrogen-bond acceptors (Lipinski definition) is 2. The Morgan fingerprint density at radius 3 is 2.79 bits per heavy atom. The molecule has 2 N–H and O–H groups in total. The molecule has 0 aliphatic heterocycles. The molecule has 0 aromatic carbocycles. The van der Waals surface area contributed by atoms with Crippen molar-refractivity contribution in [3.05, 3.63) is 24.0 Å². The van der Waals surface area contributed by atoms with Gasteiger partial charge in [0.2, 0.25) is 0 Å². The predicted molar refractivity (Wildman–Crippen MR) is 76.9 cm³/mol. The van der Waals surface area contributed by atoms with Gasteiger partial charge in [-0.2, -0.15) is 0 Å². The Balaban J connectivity index is 2.19. The van der Waals surface area contributed by atoms with Gasteiger partial charge < -0.3 is 15.2 Å². The van der Waals surface area contributed by atoms with Crippen molar-refractivity contribution >= 4 is 5.91 Å². The first-order valence-corrected chi connectivity index (χ1v) is 7.31. The van der Waals surface area contributed by atoms with Crippen LogP contribution in [0, 0.1) is 5.92 Å². The van der Waals surface area contributed by atoms with Gasteiger partial charge in [0.15, 0.2) is 0 Å². The molecule has 2 rings (SSSR count). The number of amides is 1. The summed E-state index contributed by atoms with van der Waals surface area (Å²) in [4.78, 5) is 14.7. The topological polar surface area (TPSA) is 51.3 Å². The van der Waals surface area contributed by atoms with Crippen molar-refractivity contribution in [2.24, 2.45) is 18.7 Å². The molecule has 1 aromatic rings. The number of hydrogen-bond donors (Lipinski definition) is 1. The van der Waals surface area contributed by atoms with E-state index >= 15 is 0 Å². The van der Waals surface area contributed by atoms with E-state index in [0.717, 1.165) is 25.1 Å². The first-order chi connectivity index (χ1) is 9.19. The summed E-state index contributed by atoms with van der Waals surface area (Å²) in [7, 11) is 1.92. The van der Waals surface area contributed by atoms with Crippen molar-refractivity contribution in [3.63, 3.8) is 0 Å². The maximum atomic E-state index is 12.7. The molecule has 0 bridgehead atoms. The van der Waals surface area contributed by atoms with Crippen molar-refractivity contribution in [1.29, 1.82) is 0 Å². The standard InChI is InChI=1S/C15H25N3O/c1-3-18(13-8-5-4-7-12(13)11-16)15(19)14-9-6-10-17(14)2/h6,9-10,12-13H,3-5,7-8,11,16H2,1-2H3. The van der Waals surface area contributed by atoms with E-state index in [4.69, 9.17) is 5.73 Å². The molecule has 0 spiro atoms. The van der Waals surface area contributed by atoms with Crippen LogP contribution in [0.2, 0.25) is 0 Å². The average Bonchev–Trinajstić information content (AvgIpc) is 2.86. The Hall–Kier alpha value is -1.29. The van der Waals surface area contributed by atoms with E-state index in [1.54, 1.807) is 0 Å². The summed E-state index contributed by atoms with van der Waals surface area (Å²) in [6, 6.07) is 4.12. The molecule has 1 saturated carbocycles. The lowest BCUT2D eigenvalue weighted by Crippen LogP contribution is -2.48.